The molecule has 3 nitrogen and oxygen atoms in total. The first kappa shape index (κ1) is 14.6. The number of benzene rings is 1. The number of carbonyl (C=O) groups is 1. The van der Waals surface area contributed by atoms with Crippen LogP contribution in [-0.2, 0) is 4.79 Å². The third-order valence-electron chi connectivity index (χ3n) is 3.19. The van der Waals surface area contributed by atoms with Crippen molar-refractivity contribution in [3.05, 3.63) is 35.4 Å². The summed E-state index contributed by atoms with van der Waals surface area (Å²) in [5.74, 6) is -2.31. The van der Waals surface area contributed by atoms with E-state index in [-0.39, 0.29) is 5.56 Å². The van der Waals surface area contributed by atoms with Gasteiger partial charge >= 0.3 is 5.97 Å². The molecule has 0 radical (unpaired) electrons. The average Bonchev–Trinajstić information content (AvgIpc) is 2.28. The van der Waals surface area contributed by atoms with E-state index in [4.69, 9.17) is 5.11 Å². The lowest BCUT2D eigenvalue weighted by molar-refractivity contribution is -0.143. The number of hydrogen-bond acceptors (Lipinski definition) is 2. The van der Waals surface area contributed by atoms with E-state index in [9.17, 15) is 13.6 Å². The van der Waals surface area contributed by atoms with Gasteiger partial charge in [-0.05, 0) is 32.5 Å². The standard InChI is InChI=1S/C13H17F2NO2/c1-4-11(13(17)18)16(3)8(2)12-9(14)6-5-7-10(12)15/h5-8,11H,4H2,1-3H3,(H,17,18). The highest BCUT2D eigenvalue weighted by molar-refractivity contribution is 5.73. The minimum atomic E-state index is -0.997. The van der Waals surface area contributed by atoms with E-state index in [1.165, 1.54) is 23.1 Å². The van der Waals surface area contributed by atoms with Gasteiger partial charge in [0.1, 0.15) is 17.7 Å². The lowest BCUT2D eigenvalue weighted by Gasteiger charge is -2.30. The molecule has 0 amide bonds. The molecule has 1 aromatic rings. The Morgan fingerprint density at radius 1 is 1.39 bits per heavy atom. The predicted octanol–water partition coefficient (Wildman–Crippen LogP) is 2.82. The van der Waals surface area contributed by atoms with Crippen molar-refractivity contribution in [2.24, 2.45) is 0 Å². The van der Waals surface area contributed by atoms with Crippen LogP contribution >= 0.6 is 0 Å². The van der Waals surface area contributed by atoms with Gasteiger partial charge in [-0.2, -0.15) is 0 Å². The van der Waals surface area contributed by atoms with Crippen LogP contribution in [0.4, 0.5) is 8.78 Å². The minimum Gasteiger partial charge on any atom is -0.480 e. The second kappa shape index (κ2) is 5.91. The van der Waals surface area contributed by atoms with Crippen molar-refractivity contribution >= 4 is 5.97 Å². The summed E-state index contributed by atoms with van der Waals surface area (Å²) in [6.45, 7) is 3.31. The maximum Gasteiger partial charge on any atom is 0.320 e. The topological polar surface area (TPSA) is 40.5 Å². The van der Waals surface area contributed by atoms with Crippen molar-refractivity contribution in [3.63, 3.8) is 0 Å². The summed E-state index contributed by atoms with van der Waals surface area (Å²) in [5, 5.41) is 9.05. The highest BCUT2D eigenvalue weighted by Gasteiger charge is 2.28. The monoisotopic (exact) mass is 257 g/mol. The Hall–Kier alpha value is -1.49. The van der Waals surface area contributed by atoms with Crippen LogP contribution in [0.15, 0.2) is 18.2 Å². The Morgan fingerprint density at radius 3 is 2.28 bits per heavy atom. The molecule has 2 atom stereocenters. The molecule has 2 unspecified atom stereocenters. The lowest BCUT2D eigenvalue weighted by atomic mass is 10.0. The SMILES string of the molecule is CCC(C(=O)O)N(C)C(C)c1c(F)cccc1F. The fraction of sp³-hybridized carbons (Fsp3) is 0.462. The van der Waals surface area contributed by atoms with E-state index in [0.717, 1.165) is 0 Å². The van der Waals surface area contributed by atoms with Gasteiger partial charge < -0.3 is 5.11 Å². The number of halogens is 2. The summed E-state index contributed by atoms with van der Waals surface area (Å²) >= 11 is 0. The molecule has 0 aromatic heterocycles. The van der Waals surface area contributed by atoms with E-state index in [0.29, 0.717) is 6.42 Å². The van der Waals surface area contributed by atoms with Gasteiger partial charge in [-0.3, -0.25) is 9.69 Å². The van der Waals surface area contributed by atoms with Crippen molar-refractivity contribution in [3.8, 4) is 0 Å². The Labute approximate surface area is 105 Å². The first-order valence-electron chi connectivity index (χ1n) is 5.78. The van der Waals surface area contributed by atoms with E-state index in [1.54, 1.807) is 20.9 Å². The van der Waals surface area contributed by atoms with Gasteiger partial charge in [0.2, 0.25) is 0 Å². The number of carboxylic acids is 1. The second-order valence-electron chi connectivity index (χ2n) is 4.24. The zero-order valence-corrected chi connectivity index (χ0v) is 10.7. The Bertz CT molecular complexity index is 417. The number of carboxylic acid groups (broad SMARTS) is 1. The lowest BCUT2D eigenvalue weighted by Crippen LogP contribution is -2.40. The number of nitrogens with zero attached hydrogens (tertiary/aromatic N) is 1. The molecule has 0 saturated heterocycles. The maximum atomic E-state index is 13.6. The molecule has 0 aliphatic rings. The van der Waals surface area contributed by atoms with E-state index >= 15 is 0 Å². The fourth-order valence-electron chi connectivity index (χ4n) is 2.02. The van der Waals surface area contributed by atoms with Crippen LogP contribution in [0.25, 0.3) is 0 Å². The van der Waals surface area contributed by atoms with Gasteiger partial charge in [-0.1, -0.05) is 13.0 Å². The predicted molar refractivity (Wildman–Crippen MR) is 64.3 cm³/mol. The number of hydrogen-bond donors (Lipinski definition) is 1. The Balaban J connectivity index is 3.06. The Kier molecular flexibility index (Phi) is 4.78. The van der Waals surface area contributed by atoms with Crippen molar-refractivity contribution in [2.75, 3.05) is 7.05 Å². The molecule has 0 spiro atoms. The summed E-state index contributed by atoms with van der Waals surface area (Å²) in [6, 6.07) is 2.22. The van der Waals surface area contributed by atoms with Crippen molar-refractivity contribution in [1.29, 1.82) is 0 Å². The molecule has 1 aromatic carbocycles. The molecule has 5 heteroatoms. The number of likely N-dealkylation sites (N-methyl/N-ethyl adjacent to an activating group) is 1. The summed E-state index contributed by atoms with van der Waals surface area (Å²) in [6.07, 6.45) is 0.367. The van der Waals surface area contributed by atoms with Crippen LogP contribution < -0.4 is 0 Å². The second-order valence-corrected chi connectivity index (χ2v) is 4.24. The van der Waals surface area contributed by atoms with Crippen LogP contribution in [0.5, 0.6) is 0 Å². The molecule has 0 saturated carbocycles. The zero-order chi connectivity index (χ0) is 13.9. The van der Waals surface area contributed by atoms with Crippen molar-refractivity contribution < 1.29 is 18.7 Å². The molecule has 18 heavy (non-hydrogen) atoms. The van der Waals surface area contributed by atoms with Gasteiger partial charge in [0.15, 0.2) is 0 Å². The third-order valence-corrected chi connectivity index (χ3v) is 3.19. The van der Waals surface area contributed by atoms with E-state index < -0.39 is 29.7 Å². The molecule has 0 heterocycles. The molecule has 1 N–H and O–H groups in total. The van der Waals surface area contributed by atoms with Crippen molar-refractivity contribution in [2.45, 2.75) is 32.4 Å². The normalized spacial score (nSPS) is 14.6. The van der Waals surface area contributed by atoms with Crippen molar-refractivity contribution in [1.82, 2.24) is 4.90 Å². The van der Waals surface area contributed by atoms with Gasteiger partial charge in [0.05, 0.1) is 0 Å². The molecule has 100 valence electrons. The highest BCUT2D eigenvalue weighted by Crippen LogP contribution is 2.26. The molecule has 0 fully saturated rings. The number of aliphatic carboxylic acids is 1. The molecule has 0 bridgehead atoms. The van der Waals surface area contributed by atoms with Crippen LogP contribution in [-0.4, -0.2) is 29.1 Å². The van der Waals surface area contributed by atoms with E-state index in [2.05, 4.69) is 0 Å². The zero-order valence-electron chi connectivity index (χ0n) is 10.7. The van der Waals surface area contributed by atoms with Crippen LogP contribution in [0.2, 0.25) is 0 Å². The van der Waals surface area contributed by atoms with Gasteiger partial charge in [0.25, 0.3) is 0 Å². The van der Waals surface area contributed by atoms with E-state index in [1.807, 2.05) is 0 Å². The summed E-state index contributed by atoms with van der Waals surface area (Å²) in [7, 11) is 1.55. The van der Waals surface area contributed by atoms with Gasteiger partial charge in [-0.15, -0.1) is 0 Å². The average molecular weight is 257 g/mol. The molecule has 0 aliphatic heterocycles. The molecule has 0 aliphatic carbocycles. The number of rotatable bonds is 5. The van der Waals surface area contributed by atoms with Crippen LogP contribution in [0.1, 0.15) is 31.9 Å². The quantitative estimate of drug-likeness (QED) is 0.881. The first-order valence-corrected chi connectivity index (χ1v) is 5.78. The highest BCUT2D eigenvalue weighted by atomic mass is 19.1. The first-order chi connectivity index (χ1) is 8.40. The Morgan fingerprint density at radius 2 is 1.89 bits per heavy atom. The smallest absolute Gasteiger partial charge is 0.320 e. The molecule has 1 rings (SSSR count). The van der Waals surface area contributed by atoms with Gasteiger partial charge in [0, 0.05) is 11.6 Å². The van der Waals surface area contributed by atoms with Crippen LogP contribution in [0, 0.1) is 11.6 Å². The third kappa shape index (κ3) is 2.85. The molecular formula is C13H17F2NO2. The minimum absolute atomic E-state index is 0.0975. The van der Waals surface area contributed by atoms with Crippen LogP contribution in [0.3, 0.4) is 0 Å². The fourth-order valence-corrected chi connectivity index (χ4v) is 2.02. The maximum absolute atomic E-state index is 13.6. The summed E-state index contributed by atoms with van der Waals surface area (Å²) in [4.78, 5) is 12.5. The van der Waals surface area contributed by atoms with Gasteiger partial charge in [-0.25, -0.2) is 8.78 Å². The summed E-state index contributed by atoms with van der Waals surface area (Å²) in [5.41, 5.74) is -0.0975. The molecular weight excluding hydrogens is 240 g/mol. The summed E-state index contributed by atoms with van der Waals surface area (Å²) < 4.78 is 27.2. The largest absolute Gasteiger partial charge is 0.480 e.